The summed E-state index contributed by atoms with van der Waals surface area (Å²) in [7, 11) is 0. The fourth-order valence-corrected chi connectivity index (χ4v) is 4.30. The summed E-state index contributed by atoms with van der Waals surface area (Å²) in [6, 6.07) is 16.3. The number of carbonyl (C=O) groups excluding carboxylic acids is 2. The van der Waals surface area contributed by atoms with Gasteiger partial charge in [-0.25, -0.2) is 4.79 Å². The van der Waals surface area contributed by atoms with Gasteiger partial charge in [-0.3, -0.25) is 9.59 Å². The predicted octanol–water partition coefficient (Wildman–Crippen LogP) is 3.58. The number of nitrogens with zero attached hydrogens (tertiary/aromatic N) is 1. The molecule has 2 amide bonds. The highest BCUT2D eigenvalue weighted by molar-refractivity contribution is 7.98. The Labute approximate surface area is 192 Å². The van der Waals surface area contributed by atoms with E-state index in [9.17, 15) is 14.4 Å². The molecule has 3 rings (SSSR count). The third kappa shape index (κ3) is 6.03. The summed E-state index contributed by atoms with van der Waals surface area (Å²) in [5.41, 5.74) is 4.64. The lowest BCUT2D eigenvalue weighted by molar-refractivity contribution is -0.144. The van der Waals surface area contributed by atoms with Crippen LogP contribution >= 0.6 is 11.8 Å². The van der Waals surface area contributed by atoms with Crippen LogP contribution in [0.3, 0.4) is 0 Å². The Kier molecular flexibility index (Phi) is 8.56. The van der Waals surface area contributed by atoms with Gasteiger partial charge in [-0.05, 0) is 34.9 Å². The molecule has 2 aromatic rings. The first-order valence-electron chi connectivity index (χ1n) is 10.6. The zero-order chi connectivity index (χ0) is 22.9. The molecule has 7 nitrogen and oxygen atoms in total. The maximum atomic E-state index is 12.3. The first kappa shape index (κ1) is 23.7. The number of fused-ring (bicyclic) bond motifs is 3. The number of carboxylic acid groups (broad SMARTS) is 1. The van der Waals surface area contributed by atoms with Crippen LogP contribution in [0, 0.1) is 0 Å². The Balaban J connectivity index is 1.44. The lowest BCUT2D eigenvalue weighted by atomic mass is 9.98. The summed E-state index contributed by atoms with van der Waals surface area (Å²) < 4.78 is 5.47. The number of aliphatic carboxylic acids is 1. The van der Waals surface area contributed by atoms with Gasteiger partial charge in [-0.1, -0.05) is 48.5 Å². The quantitative estimate of drug-likeness (QED) is 0.502. The first-order valence-corrected chi connectivity index (χ1v) is 12.0. The summed E-state index contributed by atoms with van der Waals surface area (Å²) in [4.78, 5) is 36.7. The van der Waals surface area contributed by atoms with Crippen LogP contribution in [0.5, 0.6) is 0 Å². The van der Waals surface area contributed by atoms with Crippen LogP contribution in [0.1, 0.15) is 29.9 Å². The molecule has 170 valence electrons. The van der Waals surface area contributed by atoms with Crippen LogP contribution in [0.4, 0.5) is 4.79 Å². The second-order valence-corrected chi connectivity index (χ2v) is 8.54. The molecule has 32 heavy (non-hydrogen) atoms. The zero-order valence-corrected chi connectivity index (χ0v) is 18.9. The molecule has 1 aliphatic carbocycles. The van der Waals surface area contributed by atoms with Crippen LogP contribution < -0.4 is 5.32 Å². The molecule has 0 heterocycles. The molecular weight excluding hydrogens is 428 g/mol. The number of carboxylic acids is 1. The van der Waals surface area contributed by atoms with Gasteiger partial charge in [0.1, 0.15) is 13.2 Å². The van der Waals surface area contributed by atoms with Crippen molar-refractivity contribution in [3.05, 3.63) is 59.7 Å². The van der Waals surface area contributed by atoms with Gasteiger partial charge in [-0.15, -0.1) is 0 Å². The number of amides is 2. The largest absolute Gasteiger partial charge is 0.480 e. The van der Waals surface area contributed by atoms with E-state index >= 15 is 0 Å². The molecule has 0 spiro atoms. The molecule has 0 unspecified atom stereocenters. The zero-order valence-electron chi connectivity index (χ0n) is 18.1. The summed E-state index contributed by atoms with van der Waals surface area (Å²) in [6.45, 7) is 0.608. The molecule has 0 bridgehead atoms. The molecular formula is C24H28N2O5S. The average Bonchev–Trinajstić information content (AvgIpc) is 3.11. The van der Waals surface area contributed by atoms with Gasteiger partial charge in [0, 0.05) is 31.2 Å². The van der Waals surface area contributed by atoms with Crippen molar-refractivity contribution in [2.24, 2.45) is 0 Å². The summed E-state index contributed by atoms with van der Waals surface area (Å²) in [6.07, 6.45) is 1.97. The number of hydrogen-bond acceptors (Lipinski definition) is 5. The second kappa shape index (κ2) is 11.6. The molecule has 0 saturated heterocycles. The van der Waals surface area contributed by atoms with Gasteiger partial charge in [-0.2, -0.15) is 11.8 Å². The molecule has 0 atom stereocenters. The average molecular weight is 457 g/mol. The highest BCUT2D eigenvalue weighted by Gasteiger charge is 2.29. The minimum atomic E-state index is -1.03. The van der Waals surface area contributed by atoms with Gasteiger partial charge in [0.25, 0.3) is 0 Å². The van der Waals surface area contributed by atoms with E-state index in [0.29, 0.717) is 18.7 Å². The maximum absolute atomic E-state index is 12.3. The fourth-order valence-electron chi connectivity index (χ4n) is 3.89. The lowest BCUT2D eigenvalue weighted by Gasteiger charge is -2.20. The Morgan fingerprint density at radius 1 is 1.06 bits per heavy atom. The van der Waals surface area contributed by atoms with Crippen molar-refractivity contribution < 1.29 is 24.2 Å². The Bertz CT molecular complexity index is 919. The summed E-state index contributed by atoms with van der Waals surface area (Å²) in [5, 5.41) is 11.7. The third-order valence-corrected chi connectivity index (χ3v) is 6.02. The minimum Gasteiger partial charge on any atom is -0.480 e. The van der Waals surface area contributed by atoms with E-state index in [1.54, 1.807) is 11.8 Å². The van der Waals surface area contributed by atoms with Gasteiger partial charge in [0.15, 0.2) is 0 Å². The van der Waals surface area contributed by atoms with Crippen molar-refractivity contribution in [2.75, 3.05) is 38.2 Å². The van der Waals surface area contributed by atoms with Crippen molar-refractivity contribution in [1.82, 2.24) is 10.2 Å². The first-order chi connectivity index (χ1) is 15.5. The van der Waals surface area contributed by atoms with E-state index in [2.05, 4.69) is 29.6 Å². The summed E-state index contributed by atoms with van der Waals surface area (Å²) in [5.74, 6) is -0.584. The monoisotopic (exact) mass is 456 g/mol. The maximum Gasteiger partial charge on any atom is 0.407 e. The second-order valence-electron chi connectivity index (χ2n) is 7.56. The van der Waals surface area contributed by atoms with Gasteiger partial charge >= 0.3 is 12.1 Å². The molecule has 0 radical (unpaired) electrons. The number of nitrogens with one attached hydrogen (secondary N) is 1. The van der Waals surface area contributed by atoms with E-state index in [-0.39, 0.29) is 37.9 Å². The molecule has 2 N–H and O–H groups in total. The van der Waals surface area contributed by atoms with Crippen molar-refractivity contribution in [3.8, 4) is 11.1 Å². The number of rotatable bonds is 11. The van der Waals surface area contributed by atoms with Crippen LogP contribution in [-0.4, -0.2) is 66.2 Å². The molecule has 1 aliphatic rings. The number of benzene rings is 2. The SMILES string of the molecule is CSCCN(CC(=O)O)C(=O)CCCNC(=O)OCC1c2ccccc2-c2ccccc21. The van der Waals surface area contributed by atoms with E-state index in [0.717, 1.165) is 11.1 Å². The van der Waals surface area contributed by atoms with Gasteiger partial charge < -0.3 is 20.1 Å². The van der Waals surface area contributed by atoms with Crippen LogP contribution in [0.2, 0.25) is 0 Å². The number of ether oxygens (including phenoxy) is 1. The van der Waals surface area contributed by atoms with E-state index < -0.39 is 12.1 Å². The van der Waals surface area contributed by atoms with E-state index in [1.807, 2.05) is 30.5 Å². The Morgan fingerprint density at radius 2 is 1.69 bits per heavy atom. The fraction of sp³-hybridized carbons (Fsp3) is 0.375. The van der Waals surface area contributed by atoms with Crippen molar-refractivity contribution >= 4 is 29.7 Å². The predicted molar refractivity (Wildman–Crippen MR) is 125 cm³/mol. The minimum absolute atomic E-state index is 0.00394. The molecule has 0 saturated carbocycles. The summed E-state index contributed by atoms with van der Waals surface area (Å²) >= 11 is 1.55. The Morgan fingerprint density at radius 3 is 2.28 bits per heavy atom. The van der Waals surface area contributed by atoms with Crippen molar-refractivity contribution in [1.29, 1.82) is 0 Å². The van der Waals surface area contributed by atoms with Crippen molar-refractivity contribution in [2.45, 2.75) is 18.8 Å². The molecule has 8 heteroatoms. The number of carbonyl (C=O) groups is 3. The van der Waals surface area contributed by atoms with Crippen LogP contribution in [0.15, 0.2) is 48.5 Å². The molecule has 0 aromatic heterocycles. The van der Waals surface area contributed by atoms with Crippen molar-refractivity contribution in [3.63, 3.8) is 0 Å². The highest BCUT2D eigenvalue weighted by Crippen LogP contribution is 2.44. The van der Waals surface area contributed by atoms with E-state index in [4.69, 9.17) is 9.84 Å². The third-order valence-electron chi connectivity index (χ3n) is 5.42. The molecule has 0 fully saturated rings. The smallest absolute Gasteiger partial charge is 0.407 e. The van der Waals surface area contributed by atoms with Gasteiger partial charge in [0.05, 0.1) is 0 Å². The van der Waals surface area contributed by atoms with Gasteiger partial charge in [0.2, 0.25) is 5.91 Å². The number of thioether (sulfide) groups is 1. The molecule has 0 aliphatic heterocycles. The van der Waals surface area contributed by atoms with E-state index in [1.165, 1.54) is 16.0 Å². The lowest BCUT2D eigenvalue weighted by Crippen LogP contribution is -2.37. The number of alkyl carbamates (subject to hydrolysis) is 1. The molecule has 2 aromatic carbocycles. The standard InChI is InChI=1S/C24H28N2O5S/c1-32-14-13-26(15-23(28)29)22(27)11-6-12-25-24(30)31-16-21-19-9-4-2-7-17(19)18-8-3-5-10-20(18)21/h2-5,7-10,21H,6,11-16H2,1H3,(H,25,30)(H,28,29). The van der Waals surface area contributed by atoms with Crippen LogP contribution in [-0.2, 0) is 14.3 Å². The van der Waals surface area contributed by atoms with Crippen LogP contribution in [0.25, 0.3) is 11.1 Å². The topological polar surface area (TPSA) is 95.9 Å². The number of hydrogen-bond donors (Lipinski definition) is 2. The highest BCUT2D eigenvalue weighted by atomic mass is 32.2. The Hall–Kier alpha value is -3.00. The normalized spacial score (nSPS) is 12.0.